The number of benzene rings is 3. The third-order valence-electron chi connectivity index (χ3n) is 5.59. The summed E-state index contributed by atoms with van der Waals surface area (Å²) in [5.41, 5.74) is 2.99. The Morgan fingerprint density at radius 3 is 2.25 bits per heavy atom. The molecule has 0 spiro atoms. The van der Waals surface area contributed by atoms with Crippen LogP contribution in [0.5, 0.6) is 0 Å². The highest BCUT2D eigenvalue weighted by Crippen LogP contribution is 2.25. The van der Waals surface area contributed by atoms with Gasteiger partial charge in [0.2, 0.25) is 0 Å². The van der Waals surface area contributed by atoms with Crippen molar-refractivity contribution in [3.63, 3.8) is 0 Å². The van der Waals surface area contributed by atoms with Gasteiger partial charge in [0.15, 0.2) is 11.6 Å². The van der Waals surface area contributed by atoms with Crippen molar-refractivity contribution in [3.8, 4) is 0 Å². The van der Waals surface area contributed by atoms with Crippen LogP contribution in [0.4, 0.5) is 14.5 Å². The minimum atomic E-state index is -3.84. The summed E-state index contributed by atoms with van der Waals surface area (Å²) in [5.74, 6) is -2.32. The Morgan fingerprint density at radius 1 is 0.969 bits per heavy atom. The fourth-order valence-electron chi connectivity index (χ4n) is 3.22. The molecule has 3 aromatic rings. The number of sulfonamides is 1. The number of hydrogen-bond acceptors (Lipinski definition) is 3. The van der Waals surface area contributed by atoms with E-state index in [1.165, 1.54) is 35.2 Å². The molecule has 0 fully saturated rings. The molecule has 0 aliphatic heterocycles. The molecule has 8 heteroatoms. The van der Waals surface area contributed by atoms with Gasteiger partial charge < -0.3 is 4.90 Å². The maximum absolute atomic E-state index is 13.5. The predicted octanol–water partition coefficient (Wildman–Crippen LogP) is 5.22. The predicted molar refractivity (Wildman–Crippen MR) is 120 cm³/mol. The van der Waals surface area contributed by atoms with E-state index in [1.54, 1.807) is 26.1 Å². The first-order valence-corrected chi connectivity index (χ1v) is 11.4. The zero-order valence-electron chi connectivity index (χ0n) is 18.2. The highest BCUT2D eigenvalue weighted by Gasteiger charge is 2.21. The normalized spacial score (nSPS) is 12.3. The number of amides is 1. The van der Waals surface area contributed by atoms with E-state index in [2.05, 4.69) is 4.72 Å². The highest BCUT2D eigenvalue weighted by atomic mass is 32.2. The van der Waals surface area contributed by atoms with Crippen LogP contribution in [0, 0.1) is 25.5 Å². The van der Waals surface area contributed by atoms with Gasteiger partial charge in [-0.05, 0) is 79.9 Å². The molecule has 3 rings (SSSR count). The maximum Gasteiger partial charge on any atom is 0.261 e. The van der Waals surface area contributed by atoms with E-state index in [4.69, 9.17) is 0 Å². The lowest BCUT2D eigenvalue weighted by atomic mass is 10.1. The standard InChI is InChI=1S/C24H24F2N2O3S/c1-15-6-5-7-23(16(15)2)27-32(30,31)20-11-8-18(9-12-20)24(29)28(4)17(3)19-10-13-21(25)22(26)14-19/h5-14,17,27H,1-4H3. The van der Waals surface area contributed by atoms with Crippen LogP contribution in [0.25, 0.3) is 0 Å². The van der Waals surface area contributed by atoms with Gasteiger partial charge in [0.05, 0.1) is 16.6 Å². The second kappa shape index (κ2) is 9.08. The summed E-state index contributed by atoms with van der Waals surface area (Å²) in [4.78, 5) is 14.2. The van der Waals surface area contributed by atoms with Crippen LogP contribution in [-0.2, 0) is 10.0 Å². The molecule has 0 bridgehead atoms. The van der Waals surface area contributed by atoms with Crippen LogP contribution < -0.4 is 4.72 Å². The van der Waals surface area contributed by atoms with Gasteiger partial charge in [-0.2, -0.15) is 0 Å². The summed E-state index contributed by atoms with van der Waals surface area (Å²) in [6, 6.07) is 13.9. The van der Waals surface area contributed by atoms with Gasteiger partial charge in [-0.1, -0.05) is 18.2 Å². The summed E-state index contributed by atoms with van der Waals surface area (Å²) in [5, 5.41) is 0. The number of nitrogens with one attached hydrogen (secondary N) is 1. The lowest BCUT2D eigenvalue weighted by molar-refractivity contribution is 0.0742. The smallest absolute Gasteiger partial charge is 0.261 e. The highest BCUT2D eigenvalue weighted by molar-refractivity contribution is 7.92. The van der Waals surface area contributed by atoms with Crippen molar-refractivity contribution in [3.05, 3.63) is 94.6 Å². The summed E-state index contributed by atoms with van der Waals surface area (Å²) < 4.78 is 54.8. The van der Waals surface area contributed by atoms with E-state index in [-0.39, 0.29) is 16.4 Å². The molecule has 0 saturated carbocycles. The molecule has 1 unspecified atom stereocenters. The SMILES string of the molecule is Cc1cccc(NS(=O)(=O)c2ccc(C(=O)N(C)C(C)c3ccc(F)c(F)c3)cc2)c1C. The average Bonchev–Trinajstić information content (AvgIpc) is 2.77. The van der Waals surface area contributed by atoms with Gasteiger partial charge in [0.1, 0.15) is 0 Å². The quantitative estimate of drug-likeness (QED) is 0.551. The third-order valence-corrected chi connectivity index (χ3v) is 6.97. The van der Waals surface area contributed by atoms with Crippen molar-refractivity contribution in [2.45, 2.75) is 31.7 Å². The van der Waals surface area contributed by atoms with Crippen LogP contribution in [0.2, 0.25) is 0 Å². The topological polar surface area (TPSA) is 66.5 Å². The minimum absolute atomic E-state index is 0.0197. The summed E-state index contributed by atoms with van der Waals surface area (Å²) in [6.07, 6.45) is 0. The van der Waals surface area contributed by atoms with Crippen LogP contribution in [0.1, 0.15) is 40.0 Å². The van der Waals surface area contributed by atoms with Crippen LogP contribution in [0.15, 0.2) is 65.6 Å². The molecule has 0 radical (unpaired) electrons. The first-order chi connectivity index (χ1) is 15.0. The van der Waals surface area contributed by atoms with Gasteiger partial charge in [-0.15, -0.1) is 0 Å². The summed E-state index contributed by atoms with van der Waals surface area (Å²) in [7, 11) is -2.29. The Labute approximate surface area is 186 Å². The van der Waals surface area contributed by atoms with Crippen molar-refractivity contribution in [2.24, 2.45) is 0 Å². The van der Waals surface area contributed by atoms with Crippen LogP contribution in [0.3, 0.4) is 0 Å². The molecule has 0 aliphatic rings. The molecular weight excluding hydrogens is 434 g/mol. The molecule has 0 aliphatic carbocycles. The molecule has 1 N–H and O–H groups in total. The number of carbonyl (C=O) groups is 1. The second-order valence-corrected chi connectivity index (χ2v) is 9.33. The molecule has 0 aromatic heterocycles. The minimum Gasteiger partial charge on any atom is -0.335 e. The van der Waals surface area contributed by atoms with Crippen molar-refractivity contribution in [2.75, 3.05) is 11.8 Å². The van der Waals surface area contributed by atoms with E-state index >= 15 is 0 Å². The first kappa shape index (κ1) is 23.4. The monoisotopic (exact) mass is 458 g/mol. The van der Waals surface area contributed by atoms with E-state index in [0.717, 1.165) is 23.3 Å². The fourth-order valence-corrected chi connectivity index (χ4v) is 4.34. The van der Waals surface area contributed by atoms with E-state index in [0.29, 0.717) is 11.3 Å². The number of nitrogens with zero attached hydrogens (tertiary/aromatic N) is 1. The lowest BCUT2D eigenvalue weighted by Crippen LogP contribution is -2.29. The second-order valence-electron chi connectivity index (χ2n) is 7.64. The maximum atomic E-state index is 13.5. The number of aryl methyl sites for hydroxylation is 1. The number of anilines is 1. The third kappa shape index (κ3) is 4.80. The molecule has 1 atom stereocenters. The van der Waals surface area contributed by atoms with Gasteiger partial charge >= 0.3 is 0 Å². The Balaban J connectivity index is 1.78. The van der Waals surface area contributed by atoms with Crippen molar-refractivity contribution < 1.29 is 22.0 Å². The Morgan fingerprint density at radius 2 is 1.62 bits per heavy atom. The van der Waals surface area contributed by atoms with Crippen molar-refractivity contribution in [1.82, 2.24) is 4.90 Å². The Kier molecular flexibility index (Phi) is 6.64. The Hall–Kier alpha value is -3.26. The molecule has 168 valence electrons. The molecular formula is C24H24F2N2O3S. The number of hydrogen-bond donors (Lipinski definition) is 1. The largest absolute Gasteiger partial charge is 0.335 e. The van der Waals surface area contributed by atoms with Gasteiger partial charge in [0, 0.05) is 12.6 Å². The van der Waals surface area contributed by atoms with Crippen LogP contribution in [-0.4, -0.2) is 26.3 Å². The molecule has 1 amide bonds. The van der Waals surface area contributed by atoms with E-state index in [1.807, 2.05) is 19.9 Å². The number of rotatable bonds is 6. The van der Waals surface area contributed by atoms with Crippen molar-refractivity contribution >= 4 is 21.6 Å². The zero-order chi connectivity index (χ0) is 23.6. The summed E-state index contributed by atoms with van der Waals surface area (Å²) in [6.45, 7) is 5.42. The van der Waals surface area contributed by atoms with Gasteiger partial charge in [0.25, 0.3) is 15.9 Å². The van der Waals surface area contributed by atoms with Crippen LogP contribution >= 0.6 is 0 Å². The van der Waals surface area contributed by atoms with Gasteiger partial charge in [-0.3, -0.25) is 9.52 Å². The lowest BCUT2D eigenvalue weighted by Gasteiger charge is -2.25. The van der Waals surface area contributed by atoms with E-state index in [9.17, 15) is 22.0 Å². The van der Waals surface area contributed by atoms with Crippen molar-refractivity contribution in [1.29, 1.82) is 0 Å². The molecule has 3 aromatic carbocycles. The molecule has 5 nitrogen and oxygen atoms in total. The Bertz CT molecular complexity index is 1260. The molecule has 0 saturated heterocycles. The fraction of sp³-hybridized carbons (Fsp3) is 0.208. The first-order valence-electron chi connectivity index (χ1n) is 9.92. The molecule has 32 heavy (non-hydrogen) atoms. The average molecular weight is 459 g/mol. The number of carbonyl (C=O) groups excluding carboxylic acids is 1. The molecule has 0 heterocycles. The van der Waals surface area contributed by atoms with Gasteiger partial charge in [-0.25, -0.2) is 17.2 Å². The summed E-state index contributed by atoms with van der Waals surface area (Å²) >= 11 is 0. The number of halogens is 2. The van der Waals surface area contributed by atoms with E-state index < -0.39 is 27.7 Å². The zero-order valence-corrected chi connectivity index (χ0v) is 19.0.